The number of para-hydroxylation sites is 1. The number of hydrogen-bond donors (Lipinski definition) is 0. The minimum absolute atomic E-state index is 0.0820. The van der Waals surface area contributed by atoms with Gasteiger partial charge < -0.3 is 14.2 Å². The van der Waals surface area contributed by atoms with Crippen LogP contribution in [0.5, 0.6) is 5.75 Å². The van der Waals surface area contributed by atoms with E-state index in [4.69, 9.17) is 9.26 Å². The zero-order chi connectivity index (χ0) is 21.4. The smallest absolute Gasteiger partial charge is 0.249 e. The standard InChI is InChI=1S/C22H21FN6O2/c1-3-30-20-15(5-4-6-16(20)23)21-26-22(31-27-21)18-9-12-28(18)19-13-14(2)7-8-17(19)29-24-10-11-25-29/h4-8,10-11,13,18H,3,9,12H2,1-2H3/t18-/m0/s1. The van der Waals surface area contributed by atoms with Crippen LogP contribution in [0, 0.1) is 12.7 Å². The molecule has 9 heteroatoms. The van der Waals surface area contributed by atoms with Gasteiger partial charge in [-0.05, 0) is 50.1 Å². The van der Waals surface area contributed by atoms with Crippen LogP contribution >= 0.6 is 0 Å². The molecular weight excluding hydrogens is 399 g/mol. The van der Waals surface area contributed by atoms with Crippen LogP contribution in [-0.4, -0.2) is 38.3 Å². The monoisotopic (exact) mass is 420 g/mol. The number of ether oxygens (including phenoxy) is 1. The Balaban J connectivity index is 1.48. The van der Waals surface area contributed by atoms with Crippen molar-refractivity contribution in [2.45, 2.75) is 26.3 Å². The third-order valence-corrected chi connectivity index (χ3v) is 5.32. The molecule has 8 nitrogen and oxygen atoms in total. The molecule has 1 atom stereocenters. The number of rotatable bonds is 6. The third kappa shape index (κ3) is 3.41. The van der Waals surface area contributed by atoms with Gasteiger partial charge in [0.1, 0.15) is 11.7 Å². The van der Waals surface area contributed by atoms with E-state index in [-0.39, 0.29) is 11.8 Å². The van der Waals surface area contributed by atoms with Crippen molar-refractivity contribution >= 4 is 5.69 Å². The predicted octanol–water partition coefficient (Wildman–Crippen LogP) is 4.11. The van der Waals surface area contributed by atoms with Gasteiger partial charge in [-0.1, -0.05) is 17.3 Å². The second-order valence-corrected chi connectivity index (χ2v) is 7.31. The van der Waals surface area contributed by atoms with E-state index in [1.807, 2.05) is 19.1 Å². The molecular formula is C22H21FN6O2. The lowest BCUT2D eigenvalue weighted by Gasteiger charge is -2.41. The summed E-state index contributed by atoms with van der Waals surface area (Å²) in [7, 11) is 0. The summed E-state index contributed by atoms with van der Waals surface area (Å²) in [6, 6.07) is 10.7. The van der Waals surface area contributed by atoms with E-state index >= 15 is 0 Å². The van der Waals surface area contributed by atoms with E-state index in [1.54, 1.807) is 36.2 Å². The average Bonchev–Trinajstić information content (AvgIpc) is 3.42. The Morgan fingerprint density at radius 3 is 2.74 bits per heavy atom. The van der Waals surface area contributed by atoms with E-state index in [9.17, 15) is 4.39 Å². The van der Waals surface area contributed by atoms with Crippen molar-refractivity contribution in [2.75, 3.05) is 18.1 Å². The fourth-order valence-corrected chi connectivity index (χ4v) is 3.76. The molecule has 158 valence electrons. The number of nitrogens with zero attached hydrogens (tertiary/aromatic N) is 6. The van der Waals surface area contributed by atoms with Crippen molar-refractivity contribution < 1.29 is 13.7 Å². The molecule has 0 N–H and O–H groups in total. The molecule has 5 rings (SSSR count). The Bertz CT molecular complexity index is 1210. The predicted molar refractivity (Wildman–Crippen MR) is 112 cm³/mol. The van der Waals surface area contributed by atoms with Crippen LogP contribution in [-0.2, 0) is 0 Å². The Labute approximate surface area is 178 Å². The van der Waals surface area contributed by atoms with Gasteiger partial charge in [0, 0.05) is 6.54 Å². The molecule has 0 saturated carbocycles. The van der Waals surface area contributed by atoms with Gasteiger partial charge in [-0.25, -0.2) is 4.39 Å². The first-order valence-corrected chi connectivity index (χ1v) is 10.1. The van der Waals surface area contributed by atoms with Crippen LogP contribution in [0.1, 0.15) is 30.8 Å². The number of halogens is 1. The minimum Gasteiger partial charge on any atom is -0.490 e. The summed E-state index contributed by atoms with van der Waals surface area (Å²) >= 11 is 0. The fraction of sp³-hybridized carbons (Fsp3) is 0.273. The molecule has 1 aliphatic rings. The highest BCUT2D eigenvalue weighted by atomic mass is 19.1. The summed E-state index contributed by atoms with van der Waals surface area (Å²) in [6.45, 7) is 5.03. The van der Waals surface area contributed by atoms with Crippen molar-refractivity contribution in [3.8, 4) is 22.8 Å². The first-order valence-electron chi connectivity index (χ1n) is 10.1. The van der Waals surface area contributed by atoms with Crippen LogP contribution in [0.25, 0.3) is 17.1 Å². The van der Waals surface area contributed by atoms with Gasteiger partial charge in [-0.2, -0.15) is 15.2 Å². The highest BCUT2D eigenvalue weighted by molar-refractivity contribution is 5.66. The minimum atomic E-state index is -0.452. The number of aryl methyl sites for hydroxylation is 1. The summed E-state index contributed by atoms with van der Waals surface area (Å²) < 4.78 is 25.3. The van der Waals surface area contributed by atoms with E-state index in [0.717, 1.165) is 29.9 Å². The Kier molecular flexibility index (Phi) is 4.85. The van der Waals surface area contributed by atoms with Crippen LogP contribution in [0.3, 0.4) is 0 Å². The fourth-order valence-electron chi connectivity index (χ4n) is 3.76. The Hall–Kier alpha value is -3.75. The molecule has 0 radical (unpaired) electrons. The van der Waals surface area contributed by atoms with Crippen LogP contribution < -0.4 is 9.64 Å². The topological polar surface area (TPSA) is 82.1 Å². The van der Waals surface area contributed by atoms with Crippen LogP contribution in [0.4, 0.5) is 10.1 Å². The number of aromatic nitrogens is 5. The normalized spacial score (nSPS) is 15.7. The molecule has 2 aromatic carbocycles. The average molecular weight is 420 g/mol. The van der Waals surface area contributed by atoms with Crippen molar-refractivity contribution in [1.82, 2.24) is 25.1 Å². The second kappa shape index (κ2) is 7.82. The molecule has 1 saturated heterocycles. The zero-order valence-electron chi connectivity index (χ0n) is 17.2. The SMILES string of the molecule is CCOc1c(F)cccc1-c1noc([C@@H]2CCN2c2cc(C)ccc2-n2nccn2)n1. The molecule has 1 aliphatic heterocycles. The molecule has 1 fully saturated rings. The van der Waals surface area contributed by atoms with Crippen molar-refractivity contribution in [3.05, 3.63) is 66.1 Å². The first kappa shape index (κ1) is 19.2. The highest BCUT2D eigenvalue weighted by Crippen LogP contribution is 2.41. The zero-order valence-corrected chi connectivity index (χ0v) is 17.2. The number of hydrogen-bond acceptors (Lipinski definition) is 7. The van der Waals surface area contributed by atoms with E-state index < -0.39 is 5.82 Å². The molecule has 31 heavy (non-hydrogen) atoms. The van der Waals surface area contributed by atoms with Gasteiger partial charge in [0.15, 0.2) is 11.6 Å². The lowest BCUT2D eigenvalue weighted by molar-refractivity contribution is 0.308. The lowest BCUT2D eigenvalue weighted by atomic mass is 10.00. The number of anilines is 1. The van der Waals surface area contributed by atoms with Gasteiger partial charge >= 0.3 is 0 Å². The van der Waals surface area contributed by atoms with Gasteiger partial charge in [-0.15, -0.1) is 4.80 Å². The first-order chi connectivity index (χ1) is 15.2. The maximum Gasteiger partial charge on any atom is 0.249 e. The van der Waals surface area contributed by atoms with Crippen molar-refractivity contribution in [2.24, 2.45) is 0 Å². The van der Waals surface area contributed by atoms with Crippen LogP contribution in [0.15, 0.2) is 53.3 Å². The summed E-state index contributed by atoms with van der Waals surface area (Å²) in [4.78, 5) is 8.37. The summed E-state index contributed by atoms with van der Waals surface area (Å²) in [6.07, 6.45) is 4.16. The van der Waals surface area contributed by atoms with E-state index in [2.05, 4.69) is 31.3 Å². The largest absolute Gasteiger partial charge is 0.490 e. The molecule has 3 heterocycles. The van der Waals surface area contributed by atoms with Crippen LogP contribution in [0.2, 0.25) is 0 Å². The second-order valence-electron chi connectivity index (χ2n) is 7.31. The Morgan fingerprint density at radius 2 is 2.00 bits per heavy atom. The summed E-state index contributed by atoms with van der Waals surface area (Å²) in [5.74, 6) is 0.470. The van der Waals surface area contributed by atoms with Gasteiger partial charge in [0.25, 0.3) is 0 Å². The van der Waals surface area contributed by atoms with E-state index in [0.29, 0.717) is 23.9 Å². The van der Waals surface area contributed by atoms with E-state index in [1.165, 1.54) is 6.07 Å². The van der Waals surface area contributed by atoms with Crippen molar-refractivity contribution in [3.63, 3.8) is 0 Å². The van der Waals surface area contributed by atoms with Gasteiger partial charge in [-0.3, -0.25) is 0 Å². The molecule has 0 spiro atoms. The highest BCUT2D eigenvalue weighted by Gasteiger charge is 2.36. The molecule has 2 aromatic heterocycles. The summed E-state index contributed by atoms with van der Waals surface area (Å²) in [5, 5.41) is 12.6. The quantitative estimate of drug-likeness (QED) is 0.464. The van der Waals surface area contributed by atoms with Gasteiger partial charge in [0.05, 0.1) is 30.3 Å². The maximum absolute atomic E-state index is 14.2. The van der Waals surface area contributed by atoms with Gasteiger partial charge in [0.2, 0.25) is 11.7 Å². The Morgan fingerprint density at radius 1 is 1.16 bits per heavy atom. The lowest BCUT2D eigenvalue weighted by Crippen LogP contribution is -2.41. The van der Waals surface area contributed by atoms with Crippen molar-refractivity contribution in [1.29, 1.82) is 0 Å². The molecule has 0 aliphatic carbocycles. The maximum atomic E-state index is 14.2. The molecule has 0 bridgehead atoms. The number of benzene rings is 2. The molecule has 4 aromatic rings. The summed E-state index contributed by atoms with van der Waals surface area (Å²) in [5.41, 5.74) is 3.47. The third-order valence-electron chi connectivity index (χ3n) is 5.32. The molecule has 0 unspecified atom stereocenters. The molecule has 0 amide bonds.